The number of rotatable bonds is 14. The Hall–Kier alpha value is -4.13. The summed E-state index contributed by atoms with van der Waals surface area (Å²) >= 11 is 1.55. The first-order chi connectivity index (χ1) is 22.5. The average molecular weight is 643 g/mol. The molecule has 240 valence electrons. The van der Waals surface area contributed by atoms with Gasteiger partial charge in [-0.15, -0.1) is 0 Å². The highest BCUT2D eigenvalue weighted by atomic mass is 32.2. The minimum absolute atomic E-state index is 0.0123. The molecule has 0 spiro atoms. The van der Waals surface area contributed by atoms with Crippen LogP contribution < -0.4 is 10.8 Å². The Bertz CT molecular complexity index is 1570. The number of carbonyl (C=O) groups is 2. The van der Waals surface area contributed by atoms with Gasteiger partial charge in [0.1, 0.15) is 0 Å². The zero-order valence-electron chi connectivity index (χ0n) is 25.4. The molecule has 1 fully saturated rings. The van der Waals surface area contributed by atoms with Crippen molar-refractivity contribution in [3.63, 3.8) is 0 Å². The number of hydrogen-bond donors (Lipinski definition) is 4. The number of aliphatic hydroxyl groups excluding tert-OH is 1. The van der Waals surface area contributed by atoms with Crippen LogP contribution in [0.25, 0.3) is 11.1 Å². The third-order valence-corrected chi connectivity index (χ3v) is 8.65. The quantitative estimate of drug-likeness (QED) is 0.0451. The number of hydroxylamine groups is 1. The standard InChI is InChI=1S/C35H38N4O6S/c40-22-24-12-14-26(15-13-24)31-20-30(23-46-35-36-16-5-17-37-35)44-34(45-31)29-9-4-8-28(19-29)27-7-3-6-25(18-27)21-38-32(41)10-1-2-11-33(42)39-43/h3-9,12-19,30-31,34,40,43H,1-2,10-11,20-23H2,(H,38,41)(H,39,42)/t30-,31+,34+/m0/s1. The van der Waals surface area contributed by atoms with Crippen LogP contribution in [-0.2, 0) is 32.2 Å². The Morgan fingerprint density at radius 3 is 2.28 bits per heavy atom. The molecule has 0 radical (unpaired) electrons. The van der Waals surface area contributed by atoms with Gasteiger partial charge in [0.05, 0.1) is 18.8 Å². The summed E-state index contributed by atoms with van der Waals surface area (Å²) in [4.78, 5) is 32.1. The largest absolute Gasteiger partial charge is 0.392 e. The molecule has 4 N–H and O–H groups in total. The smallest absolute Gasteiger partial charge is 0.243 e. The number of nitrogens with zero attached hydrogens (tertiary/aromatic N) is 2. The third-order valence-electron chi connectivity index (χ3n) is 7.65. The summed E-state index contributed by atoms with van der Waals surface area (Å²) in [5.41, 5.74) is 7.34. The topological polar surface area (TPSA) is 143 Å². The van der Waals surface area contributed by atoms with Crippen molar-refractivity contribution in [2.75, 3.05) is 5.75 Å². The van der Waals surface area contributed by atoms with E-state index >= 15 is 0 Å². The number of aliphatic hydroxyl groups is 1. The van der Waals surface area contributed by atoms with Crippen LogP contribution in [0.4, 0.5) is 0 Å². The van der Waals surface area contributed by atoms with Crippen LogP contribution in [0, 0.1) is 0 Å². The van der Waals surface area contributed by atoms with Gasteiger partial charge in [-0.3, -0.25) is 14.8 Å². The summed E-state index contributed by atoms with van der Waals surface area (Å²) in [5, 5.41) is 21.7. The van der Waals surface area contributed by atoms with E-state index in [1.54, 1.807) is 35.7 Å². The molecule has 46 heavy (non-hydrogen) atoms. The first kappa shape index (κ1) is 33.2. The van der Waals surface area contributed by atoms with Gasteiger partial charge in [0, 0.05) is 49.5 Å². The molecule has 0 aliphatic carbocycles. The van der Waals surface area contributed by atoms with Crippen LogP contribution in [-0.4, -0.2) is 44.0 Å². The zero-order valence-corrected chi connectivity index (χ0v) is 26.2. The molecule has 1 aliphatic heterocycles. The van der Waals surface area contributed by atoms with Crippen LogP contribution in [0.5, 0.6) is 0 Å². The van der Waals surface area contributed by atoms with E-state index in [-0.39, 0.29) is 31.1 Å². The van der Waals surface area contributed by atoms with Crippen LogP contribution in [0.1, 0.15) is 66.8 Å². The van der Waals surface area contributed by atoms with Crippen molar-refractivity contribution in [1.82, 2.24) is 20.8 Å². The van der Waals surface area contributed by atoms with Gasteiger partial charge in [-0.2, -0.15) is 0 Å². The van der Waals surface area contributed by atoms with E-state index in [2.05, 4.69) is 27.4 Å². The molecule has 2 amide bonds. The van der Waals surface area contributed by atoms with Crippen molar-refractivity contribution in [1.29, 1.82) is 0 Å². The van der Waals surface area contributed by atoms with Gasteiger partial charge in [0.15, 0.2) is 11.4 Å². The second-order valence-electron chi connectivity index (χ2n) is 11.0. The first-order valence-corrected chi connectivity index (χ1v) is 16.3. The molecule has 5 rings (SSSR count). The summed E-state index contributed by atoms with van der Waals surface area (Å²) in [6.07, 6.45) is 4.80. The van der Waals surface area contributed by atoms with E-state index < -0.39 is 12.2 Å². The lowest BCUT2D eigenvalue weighted by molar-refractivity contribution is -0.245. The van der Waals surface area contributed by atoms with Gasteiger partial charge in [-0.1, -0.05) is 72.4 Å². The number of carbonyl (C=O) groups excluding carboxylic acids is 2. The predicted octanol–water partition coefficient (Wildman–Crippen LogP) is 5.66. The fourth-order valence-corrected chi connectivity index (χ4v) is 6.01. The SMILES string of the molecule is O=C(CCCCC(=O)NCc1cccc(-c2cccc([C@@H]3O[C@H](CSc4ncccn4)C[C@H](c4ccc(CO)cc4)O3)c2)c1)NO. The summed E-state index contributed by atoms with van der Waals surface area (Å²) in [6.45, 7) is 0.376. The molecular weight excluding hydrogens is 604 g/mol. The molecule has 3 atom stereocenters. The number of hydrogen-bond acceptors (Lipinski definition) is 9. The molecular formula is C35H38N4O6S. The monoisotopic (exact) mass is 642 g/mol. The minimum atomic E-state index is -0.593. The van der Waals surface area contributed by atoms with Crippen molar-refractivity contribution in [2.45, 2.75) is 68.9 Å². The van der Waals surface area contributed by atoms with E-state index in [1.807, 2.05) is 60.7 Å². The lowest BCUT2D eigenvalue weighted by atomic mass is 9.99. The molecule has 1 saturated heterocycles. The Labute approximate surface area is 272 Å². The maximum Gasteiger partial charge on any atom is 0.243 e. The molecule has 1 aromatic heterocycles. The first-order valence-electron chi connectivity index (χ1n) is 15.3. The highest BCUT2D eigenvalue weighted by molar-refractivity contribution is 7.99. The van der Waals surface area contributed by atoms with Gasteiger partial charge in [-0.25, -0.2) is 15.4 Å². The summed E-state index contributed by atoms with van der Waals surface area (Å²) in [5.74, 6) is 0.129. The molecule has 2 heterocycles. The van der Waals surface area contributed by atoms with Crippen LogP contribution in [0.3, 0.4) is 0 Å². The summed E-state index contributed by atoms with van der Waals surface area (Å²) in [6, 6.07) is 25.8. The molecule has 0 unspecified atom stereocenters. The number of thioether (sulfide) groups is 1. The number of nitrogens with one attached hydrogen (secondary N) is 2. The minimum Gasteiger partial charge on any atom is -0.392 e. The number of aromatic nitrogens is 2. The van der Waals surface area contributed by atoms with Crippen LogP contribution in [0.15, 0.2) is 96.4 Å². The summed E-state index contributed by atoms with van der Waals surface area (Å²) < 4.78 is 13.1. The number of unbranched alkanes of at least 4 members (excludes halogenated alkanes) is 1. The lowest BCUT2D eigenvalue weighted by Crippen LogP contribution is -2.31. The van der Waals surface area contributed by atoms with Crippen molar-refractivity contribution >= 4 is 23.6 Å². The second kappa shape index (κ2) is 17.0. The van der Waals surface area contributed by atoms with Crippen molar-refractivity contribution in [3.05, 3.63) is 114 Å². The Balaban J connectivity index is 1.26. The number of ether oxygens (including phenoxy) is 2. The number of benzene rings is 3. The molecule has 3 aromatic carbocycles. The summed E-state index contributed by atoms with van der Waals surface area (Å²) in [7, 11) is 0. The van der Waals surface area contributed by atoms with Crippen molar-refractivity contribution < 1.29 is 29.4 Å². The van der Waals surface area contributed by atoms with E-state index in [1.165, 1.54) is 0 Å². The Morgan fingerprint density at radius 2 is 1.54 bits per heavy atom. The fourth-order valence-electron chi connectivity index (χ4n) is 5.19. The maximum absolute atomic E-state index is 12.3. The van der Waals surface area contributed by atoms with Gasteiger partial charge < -0.3 is 19.9 Å². The maximum atomic E-state index is 12.3. The predicted molar refractivity (Wildman–Crippen MR) is 173 cm³/mol. The van der Waals surface area contributed by atoms with Crippen molar-refractivity contribution in [3.8, 4) is 11.1 Å². The molecule has 4 aromatic rings. The molecule has 11 heteroatoms. The number of amides is 2. The highest BCUT2D eigenvalue weighted by Gasteiger charge is 2.32. The van der Waals surface area contributed by atoms with E-state index in [9.17, 15) is 14.7 Å². The highest BCUT2D eigenvalue weighted by Crippen LogP contribution is 2.40. The Morgan fingerprint density at radius 1 is 0.826 bits per heavy atom. The zero-order chi connectivity index (χ0) is 32.1. The third kappa shape index (κ3) is 9.68. The van der Waals surface area contributed by atoms with E-state index in [0.29, 0.717) is 43.1 Å². The molecule has 0 saturated carbocycles. The van der Waals surface area contributed by atoms with E-state index in [0.717, 1.165) is 33.4 Å². The van der Waals surface area contributed by atoms with Gasteiger partial charge in [-0.05, 0) is 58.9 Å². The van der Waals surface area contributed by atoms with Gasteiger partial charge in [0.25, 0.3) is 0 Å². The van der Waals surface area contributed by atoms with Crippen LogP contribution in [0.2, 0.25) is 0 Å². The average Bonchev–Trinajstić information content (AvgIpc) is 3.12. The van der Waals surface area contributed by atoms with Gasteiger partial charge >= 0.3 is 0 Å². The normalized spacial score (nSPS) is 17.7. The lowest BCUT2D eigenvalue weighted by Gasteiger charge is -2.36. The fraction of sp³-hybridized carbons (Fsp3) is 0.314. The van der Waals surface area contributed by atoms with E-state index in [4.69, 9.17) is 14.7 Å². The van der Waals surface area contributed by atoms with Gasteiger partial charge in [0.2, 0.25) is 11.8 Å². The second-order valence-corrected chi connectivity index (χ2v) is 12.0. The van der Waals surface area contributed by atoms with Crippen LogP contribution >= 0.6 is 11.8 Å². The van der Waals surface area contributed by atoms with Crippen molar-refractivity contribution in [2.24, 2.45) is 0 Å². The molecule has 1 aliphatic rings. The molecule has 0 bridgehead atoms. The Kier molecular flexibility index (Phi) is 12.3. The molecule has 10 nitrogen and oxygen atoms in total.